The molecule has 35 heavy (non-hydrogen) atoms. The number of nitrogens with one attached hydrogen (secondary N) is 1. The van der Waals surface area contributed by atoms with E-state index in [-0.39, 0.29) is 35.8 Å². The molecule has 0 bridgehead atoms. The second-order valence-electron chi connectivity index (χ2n) is 9.86. The number of pyridine rings is 1. The number of ether oxygens (including phenoxy) is 2. The van der Waals surface area contributed by atoms with Gasteiger partial charge in [-0.3, -0.25) is 19.5 Å². The Hall–Kier alpha value is -2.97. The van der Waals surface area contributed by atoms with Gasteiger partial charge in [-0.05, 0) is 49.4 Å². The zero-order valence-corrected chi connectivity index (χ0v) is 21.1. The van der Waals surface area contributed by atoms with Crippen molar-refractivity contribution in [3.63, 3.8) is 0 Å². The molecule has 8 nitrogen and oxygen atoms in total. The van der Waals surface area contributed by atoms with Crippen LogP contribution >= 0.6 is 0 Å². The molecular formula is C27H36N4O4. The number of likely N-dealkylation sites (N-methyl/N-ethyl adjacent to an activating group) is 1. The number of carbonyl (C=O) groups excluding carboxylic acids is 2. The molecule has 0 spiro atoms. The van der Waals surface area contributed by atoms with Crippen molar-refractivity contribution >= 4 is 17.5 Å². The lowest BCUT2D eigenvalue weighted by molar-refractivity contribution is -0.117. The Kier molecular flexibility index (Phi) is 8.03. The monoisotopic (exact) mass is 480 g/mol. The van der Waals surface area contributed by atoms with Gasteiger partial charge in [-0.25, -0.2) is 0 Å². The largest absolute Gasteiger partial charge is 0.491 e. The first kappa shape index (κ1) is 25.1. The third-order valence-electron chi connectivity index (χ3n) is 6.90. The van der Waals surface area contributed by atoms with Gasteiger partial charge < -0.3 is 19.7 Å². The Morgan fingerprint density at radius 3 is 2.71 bits per heavy atom. The summed E-state index contributed by atoms with van der Waals surface area (Å²) in [6.07, 6.45) is 5.41. The smallest absolute Gasteiger partial charge is 0.257 e. The molecule has 2 heterocycles. The van der Waals surface area contributed by atoms with Gasteiger partial charge in [-0.2, -0.15) is 0 Å². The fraction of sp³-hybridized carbons (Fsp3) is 0.519. The van der Waals surface area contributed by atoms with Crippen LogP contribution in [-0.2, 0) is 16.1 Å². The summed E-state index contributed by atoms with van der Waals surface area (Å²) in [7, 11) is 3.49. The Morgan fingerprint density at radius 2 is 2.03 bits per heavy atom. The minimum atomic E-state index is -0.130. The lowest BCUT2D eigenvalue weighted by Gasteiger charge is -2.36. The van der Waals surface area contributed by atoms with E-state index in [0.717, 1.165) is 31.5 Å². The van der Waals surface area contributed by atoms with Gasteiger partial charge in [0.05, 0.1) is 11.7 Å². The van der Waals surface area contributed by atoms with Crippen molar-refractivity contribution in [2.75, 3.05) is 39.2 Å². The first-order valence-electron chi connectivity index (χ1n) is 12.3. The maximum atomic E-state index is 13.3. The number of carbonyl (C=O) groups is 2. The topological polar surface area (TPSA) is 84.0 Å². The number of hydrogen-bond acceptors (Lipinski definition) is 6. The van der Waals surface area contributed by atoms with Gasteiger partial charge in [0, 0.05) is 69.9 Å². The zero-order valence-electron chi connectivity index (χ0n) is 21.1. The molecule has 3 atom stereocenters. The fourth-order valence-corrected chi connectivity index (χ4v) is 4.46. The summed E-state index contributed by atoms with van der Waals surface area (Å²) in [4.78, 5) is 33.9. The number of hydrogen-bond donors (Lipinski definition) is 1. The van der Waals surface area contributed by atoms with Crippen LogP contribution in [0.2, 0.25) is 0 Å². The van der Waals surface area contributed by atoms with Crippen molar-refractivity contribution in [3.8, 4) is 5.75 Å². The normalized spacial score (nSPS) is 24.1. The van der Waals surface area contributed by atoms with Crippen molar-refractivity contribution in [2.24, 2.45) is 11.8 Å². The molecule has 0 unspecified atom stereocenters. The molecule has 2 amide bonds. The fourth-order valence-electron chi connectivity index (χ4n) is 4.46. The van der Waals surface area contributed by atoms with E-state index >= 15 is 0 Å². The van der Waals surface area contributed by atoms with Crippen molar-refractivity contribution in [1.29, 1.82) is 0 Å². The Labute approximate surface area is 207 Å². The molecule has 2 aromatic rings. The van der Waals surface area contributed by atoms with Crippen LogP contribution in [0, 0.1) is 11.8 Å². The highest BCUT2D eigenvalue weighted by Crippen LogP contribution is 2.32. The molecule has 1 aliphatic carbocycles. The summed E-state index contributed by atoms with van der Waals surface area (Å²) in [6, 6.07) is 9.37. The molecule has 4 rings (SSSR count). The highest BCUT2D eigenvalue weighted by molar-refractivity contribution is 5.99. The molecular weight excluding hydrogens is 444 g/mol. The van der Waals surface area contributed by atoms with Crippen molar-refractivity contribution in [3.05, 3.63) is 53.9 Å². The molecule has 1 N–H and O–H groups in total. The Bertz CT molecular complexity index is 1030. The lowest BCUT2D eigenvalue weighted by Crippen LogP contribution is -2.46. The third-order valence-corrected chi connectivity index (χ3v) is 6.90. The minimum absolute atomic E-state index is 0.0227. The summed E-state index contributed by atoms with van der Waals surface area (Å²) in [5, 5.41) is 2.96. The molecule has 8 heteroatoms. The summed E-state index contributed by atoms with van der Waals surface area (Å²) in [5.74, 6) is 0.655. The van der Waals surface area contributed by atoms with Gasteiger partial charge in [0.25, 0.3) is 5.91 Å². The van der Waals surface area contributed by atoms with E-state index < -0.39 is 0 Å². The molecule has 1 aromatic heterocycles. The van der Waals surface area contributed by atoms with E-state index in [1.54, 1.807) is 43.5 Å². The van der Waals surface area contributed by atoms with Gasteiger partial charge in [0.15, 0.2) is 0 Å². The van der Waals surface area contributed by atoms with E-state index in [1.807, 2.05) is 12.3 Å². The summed E-state index contributed by atoms with van der Waals surface area (Å²) in [6.45, 7) is 6.66. The Morgan fingerprint density at radius 1 is 1.23 bits per heavy atom. The first-order chi connectivity index (χ1) is 16.9. The molecule has 1 aromatic carbocycles. The second-order valence-corrected chi connectivity index (χ2v) is 9.86. The lowest BCUT2D eigenvalue weighted by atomic mass is 10.0. The summed E-state index contributed by atoms with van der Waals surface area (Å²) >= 11 is 0. The van der Waals surface area contributed by atoms with Gasteiger partial charge in [-0.15, -0.1) is 0 Å². The van der Waals surface area contributed by atoms with Crippen molar-refractivity contribution < 1.29 is 19.1 Å². The SMILES string of the molecule is CO[C@H]1CN(C)C(=O)c2ccc(NC(=O)C3CC3)cc2OC[C@@H](C)N(Cc2cccnc2)C[C@H]1C. The second kappa shape index (κ2) is 11.2. The number of benzene rings is 1. The predicted octanol–water partition coefficient (Wildman–Crippen LogP) is 3.44. The molecule has 2 aliphatic rings. The number of amides is 2. The van der Waals surface area contributed by atoms with Crippen LogP contribution in [0.3, 0.4) is 0 Å². The van der Waals surface area contributed by atoms with Crippen LogP contribution in [0.1, 0.15) is 42.6 Å². The number of fused-ring (bicyclic) bond motifs is 1. The highest BCUT2D eigenvalue weighted by atomic mass is 16.5. The maximum absolute atomic E-state index is 13.3. The molecule has 1 fully saturated rings. The van der Waals surface area contributed by atoms with Crippen molar-refractivity contribution in [1.82, 2.24) is 14.8 Å². The van der Waals surface area contributed by atoms with Crippen LogP contribution in [0.4, 0.5) is 5.69 Å². The average molecular weight is 481 g/mol. The number of aromatic nitrogens is 1. The Balaban J connectivity index is 1.62. The van der Waals surface area contributed by atoms with Gasteiger partial charge in [-0.1, -0.05) is 13.0 Å². The first-order valence-corrected chi connectivity index (χ1v) is 12.3. The molecule has 0 radical (unpaired) electrons. The number of rotatable bonds is 5. The molecule has 1 saturated carbocycles. The van der Waals surface area contributed by atoms with Gasteiger partial charge in [0.2, 0.25) is 5.91 Å². The van der Waals surface area contributed by atoms with E-state index in [4.69, 9.17) is 9.47 Å². The molecule has 1 aliphatic heterocycles. The van der Waals surface area contributed by atoms with E-state index in [0.29, 0.717) is 30.2 Å². The summed E-state index contributed by atoms with van der Waals surface area (Å²) < 4.78 is 12.1. The highest BCUT2D eigenvalue weighted by Gasteiger charge is 2.31. The van der Waals surface area contributed by atoms with Crippen LogP contribution in [0.25, 0.3) is 0 Å². The van der Waals surface area contributed by atoms with Crippen LogP contribution < -0.4 is 10.1 Å². The standard InChI is InChI=1S/C27H36N4O4/c1-18-14-31(15-20-6-5-11-28-13-20)19(2)17-35-24-12-22(29-26(32)21-7-8-21)9-10-23(24)27(33)30(3)16-25(18)34-4/h5-6,9-13,18-19,21,25H,7-8,14-17H2,1-4H3,(H,29,32)/t18-,19-,25+/m1/s1. The third kappa shape index (κ3) is 6.38. The number of nitrogens with zero attached hydrogens (tertiary/aromatic N) is 3. The maximum Gasteiger partial charge on any atom is 0.257 e. The van der Waals surface area contributed by atoms with Crippen LogP contribution in [0.15, 0.2) is 42.7 Å². The number of anilines is 1. The van der Waals surface area contributed by atoms with Gasteiger partial charge >= 0.3 is 0 Å². The van der Waals surface area contributed by atoms with Crippen molar-refractivity contribution in [2.45, 2.75) is 45.4 Å². The van der Waals surface area contributed by atoms with E-state index in [9.17, 15) is 9.59 Å². The van der Waals surface area contributed by atoms with E-state index in [1.165, 1.54) is 0 Å². The van der Waals surface area contributed by atoms with Crippen LogP contribution in [-0.4, -0.2) is 72.6 Å². The van der Waals surface area contributed by atoms with Crippen LogP contribution in [0.5, 0.6) is 5.75 Å². The minimum Gasteiger partial charge on any atom is -0.491 e. The zero-order chi connectivity index (χ0) is 24.9. The summed E-state index contributed by atoms with van der Waals surface area (Å²) in [5.41, 5.74) is 2.25. The van der Waals surface area contributed by atoms with E-state index in [2.05, 4.69) is 35.1 Å². The quantitative estimate of drug-likeness (QED) is 0.706. The predicted molar refractivity (Wildman–Crippen MR) is 134 cm³/mol. The van der Waals surface area contributed by atoms with Gasteiger partial charge in [0.1, 0.15) is 12.4 Å². The number of methoxy groups -OCH3 is 1. The average Bonchev–Trinajstić information content (AvgIpc) is 3.71. The molecule has 188 valence electrons. The molecule has 0 saturated heterocycles.